The summed E-state index contributed by atoms with van der Waals surface area (Å²) in [5, 5.41) is 7.16. The van der Waals surface area contributed by atoms with Crippen LogP contribution in [0.2, 0.25) is 19.6 Å². The van der Waals surface area contributed by atoms with Gasteiger partial charge in [0.2, 0.25) is 0 Å². The van der Waals surface area contributed by atoms with Crippen molar-refractivity contribution in [2.45, 2.75) is 19.6 Å². The number of benzene rings is 3. The fourth-order valence-electron chi connectivity index (χ4n) is 3.71. The molecule has 0 aliphatic rings. The minimum Gasteiger partial charge on any atom is -0.364 e. The van der Waals surface area contributed by atoms with Crippen molar-refractivity contribution in [3.63, 3.8) is 0 Å². The van der Waals surface area contributed by atoms with Crippen molar-refractivity contribution >= 4 is 56.6 Å². The summed E-state index contributed by atoms with van der Waals surface area (Å²) in [6, 6.07) is 23.7. The molecule has 0 aliphatic heterocycles. The summed E-state index contributed by atoms with van der Waals surface area (Å²) >= 11 is 1.75. The Hall–Kier alpha value is -2.63. The molecule has 3 aromatic carbocycles. The van der Waals surface area contributed by atoms with Crippen LogP contribution in [0.25, 0.3) is 37.7 Å². The van der Waals surface area contributed by atoms with Gasteiger partial charge in [0.05, 0.1) is 29.5 Å². The number of thiazole rings is 1. The van der Waals surface area contributed by atoms with Crippen molar-refractivity contribution in [1.29, 1.82) is 0 Å². The van der Waals surface area contributed by atoms with Gasteiger partial charge in [0, 0.05) is 16.9 Å². The average Bonchev–Trinajstić information content (AvgIpc) is 3.25. The van der Waals surface area contributed by atoms with Crippen molar-refractivity contribution in [3.8, 4) is 5.69 Å². The summed E-state index contributed by atoms with van der Waals surface area (Å²) in [7, 11) is -1.18. The van der Waals surface area contributed by atoms with Gasteiger partial charge >= 0.3 is 0 Å². The molecular weight excluding hydrogens is 378 g/mol. The van der Waals surface area contributed by atoms with E-state index < -0.39 is 8.07 Å². The van der Waals surface area contributed by atoms with E-state index in [0.29, 0.717) is 0 Å². The predicted octanol–water partition coefficient (Wildman–Crippen LogP) is 6.68. The third-order valence-electron chi connectivity index (χ3n) is 4.99. The molecule has 2 heterocycles. The molecule has 28 heavy (non-hydrogen) atoms. The Labute approximate surface area is 169 Å². The Morgan fingerprint density at radius 3 is 2.14 bits per heavy atom. The van der Waals surface area contributed by atoms with Crippen LogP contribution in [0.4, 0.5) is 5.13 Å². The van der Waals surface area contributed by atoms with Gasteiger partial charge in [0.1, 0.15) is 5.52 Å². The summed E-state index contributed by atoms with van der Waals surface area (Å²) in [4.78, 5) is 4.99. The third-order valence-corrected chi connectivity index (χ3v) is 7.20. The predicted molar refractivity (Wildman–Crippen MR) is 126 cm³/mol. The lowest BCUT2D eigenvalue weighted by molar-refractivity contribution is 1.18. The SMILES string of the molecule is C[Si](C)(C)CNc1nc2c(-n3c4ccccc4c4ccccc43)cccc2s1. The summed E-state index contributed by atoms with van der Waals surface area (Å²) in [6.07, 6.45) is 1.04. The fourth-order valence-corrected chi connectivity index (χ4v) is 5.42. The molecular formula is C23H23N3SSi. The van der Waals surface area contributed by atoms with Crippen molar-refractivity contribution in [3.05, 3.63) is 66.7 Å². The summed E-state index contributed by atoms with van der Waals surface area (Å²) in [5.41, 5.74) is 4.66. The molecule has 0 bridgehead atoms. The van der Waals surface area contributed by atoms with Gasteiger partial charge in [-0.2, -0.15) is 0 Å². The third kappa shape index (κ3) is 2.91. The topological polar surface area (TPSA) is 29.9 Å². The molecule has 0 spiro atoms. The summed E-state index contributed by atoms with van der Waals surface area (Å²) in [5.74, 6) is 0. The lowest BCUT2D eigenvalue weighted by Crippen LogP contribution is -2.31. The van der Waals surface area contributed by atoms with E-state index >= 15 is 0 Å². The summed E-state index contributed by atoms with van der Waals surface area (Å²) < 4.78 is 3.58. The highest BCUT2D eigenvalue weighted by Gasteiger charge is 2.17. The Kier molecular flexibility index (Phi) is 4.03. The first-order valence-corrected chi connectivity index (χ1v) is 14.2. The Bertz CT molecular complexity index is 1260. The van der Waals surface area contributed by atoms with E-state index in [1.165, 1.54) is 26.5 Å². The number of nitrogens with one attached hydrogen (secondary N) is 1. The van der Waals surface area contributed by atoms with Gasteiger partial charge in [-0.3, -0.25) is 0 Å². The van der Waals surface area contributed by atoms with E-state index in [9.17, 15) is 0 Å². The molecule has 0 fully saturated rings. The largest absolute Gasteiger partial charge is 0.364 e. The molecule has 3 nitrogen and oxygen atoms in total. The van der Waals surface area contributed by atoms with Crippen molar-refractivity contribution in [1.82, 2.24) is 9.55 Å². The van der Waals surface area contributed by atoms with E-state index in [1.807, 2.05) is 0 Å². The molecule has 0 aliphatic carbocycles. The van der Waals surface area contributed by atoms with E-state index in [-0.39, 0.29) is 0 Å². The van der Waals surface area contributed by atoms with E-state index in [0.717, 1.165) is 22.5 Å². The Morgan fingerprint density at radius 1 is 0.857 bits per heavy atom. The first-order valence-electron chi connectivity index (χ1n) is 9.63. The van der Waals surface area contributed by atoms with Crippen molar-refractivity contribution < 1.29 is 0 Å². The van der Waals surface area contributed by atoms with Gasteiger partial charge < -0.3 is 9.88 Å². The molecule has 5 heteroatoms. The monoisotopic (exact) mass is 401 g/mol. The standard InChI is InChI=1S/C23H23N3SSi/c1-28(2,3)15-24-23-25-22-20(13-8-14-21(22)27-23)26-18-11-6-4-9-16(18)17-10-5-7-12-19(17)26/h4-14H,15H2,1-3H3,(H,24,25). The first kappa shape index (κ1) is 17.5. The zero-order valence-electron chi connectivity index (χ0n) is 16.4. The first-order chi connectivity index (χ1) is 13.5. The number of rotatable bonds is 4. The number of nitrogens with zero attached hydrogens (tertiary/aromatic N) is 2. The van der Waals surface area contributed by atoms with Gasteiger partial charge in [0.15, 0.2) is 5.13 Å². The van der Waals surface area contributed by atoms with Crippen molar-refractivity contribution in [2.75, 3.05) is 11.5 Å². The maximum absolute atomic E-state index is 4.99. The van der Waals surface area contributed by atoms with E-state index in [2.05, 4.69) is 96.3 Å². The molecule has 5 aromatic rings. The zero-order chi connectivity index (χ0) is 19.3. The van der Waals surface area contributed by atoms with Gasteiger partial charge in [-0.1, -0.05) is 73.4 Å². The van der Waals surface area contributed by atoms with E-state index in [1.54, 1.807) is 11.3 Å². The molecule has 0 atom stereocenters. The van der Waals surface area contributed by atoms with Gasteiger partial charge in [0.25, 0.3) is 0 Å². The summed E-state index contributed by atoms with van der Waals surface area (Å²) in [6.45, 7) is 7.12. The number of hydrogen-bond donors (Lipinski definition) is 1. The molecule has 0 saturated heterocycles. The fraction of sp³-hybridized carbons (Fsp3) is 0.174. The molecule has 0 saturated carbocycles. The Morgan fingerprint density at radius 2 is 1.50 bits per heavy atom. The number of anilines is 1. The van der Waals surface area contributed by atoms with E-state index in [4.69, 9.17) is 4.98 Å². The second-order valence-electron chi connectivity index (χ2n) is 8.43. The van der Waals surface area contributed by atoms with Gasteiger partial charge in [-0.05, 0) is 24.3 Å². The van der Waals surface area contributed by atoms with Crippen LogP contribution in [0.3, 0.4) is 0 Å². The minimum atomic E-state index is -1.18. The lowest BCUT2D eigenvalue weighted by Gasteiger charge is -2.15. The van der Waals surface area contributed by atoms with Crippen LogP contribution in [0, 0.1) is 0 Å². The number of hydrogen-bond acceptors (Lipinski definition) is 3. The lowest BCUT2D eigenvalue weighted by atomic mass is 10.2. The Balaban J connectivity index is 1.74. The van der Waals surface area contributed by atoms with Crippen LogP contribution < -0.4 is 5.32 Å². The van der Waals surface area contributed by atoms with Crippen molar-refractivity contribution in [2.24, 2.45) is 0 Å². The molecule has 5 rings (SSSR count). The molecule has 0 amide bonds. The highest BCUT2D eigenvalue weighted by Crippen LogP contribution is 2.36. The maximum atomic E-state index is 4.99. The van der Waals surface area contributed by atoms with Gasteiger partial charge in [-0.15, -0.1) is 0 Å². The van der Waals surface area contributed by atoms with Crippen LogP contribution in [-0.4, -0.2) is 23.8 Å². The average molecular weight is 402 g/mol. The molecule has 0 radical (unpaired) electrons. The normalized spacial score (nSPS) is 12.2. The highest BCUT2D eigenvalue weighted by atomic mass is 32.1. The second kappa shape index (κ2) is 6.46. The molecule has 140 valence electrons. The molecule has 2 aromatic heterocycles. The quantitative estimate of drug-likeness (QED) is 0.340. The second-order valence-corrected chi connectivity index (χ2v) is 14.9. The highest BCUT2D eigenvalue weighted by molar-refractivity contribution is 7.22. The smallest absolute Gasteiger partial charge is 0.183 e. The molecule has 0 unspecified atom stereocenters. The number of aromatic nitrogens is 2. The number of para-hydroxylation sites is 3. The minimum absolute atomic E-state index is 1.02. The van der Waals surface area contributed by atoms with Crippen LogP contribution in [0.5, 0.6) is 0 Å². The molecule has 1 N–H and O–H groups in total. The van der Waals surface area contributed by atoms with Crippen LogP contribution >= 0.6 is 11.3 Å². The number of fused-ring (bicyclic) bond motifs is 4. The van der Waals surface area contributed by atoms with Crippen LogP contribution in [0.15, 0.2) is 66.7 Å². The van der Waals surface area contributed by atoms with Crippen LogP contribution in [-0.2, 0) is 0 Å². The van der Waals surface area contributed by atoms with Gasteiger partial charge in [-0.25, -0.2) is 4.98 Å². The maximum Gasteiger partial charge on any atom is 0.183 e. The van der Waals surface area contributed by atoms with Crippen LogP contribution in [0.1, 0.15) is 0 Å². The zero-order valence-corrected chi connectivity index (χ0v) is 18.2.